The monoisotopic (exact) mass is 239 g/mol. The molecular weight excluding hydrogens is 210 g/mol. The molecule has 1 unspecified atom stereocenters. The number of hydrogen-bond acceptors (Lipinski definition) is 2. The maximum Gasteiger partial charge on any atom is 0.0581 e. The zero-order valence-corrected chi connectivity index (χ0v) is 11.6. The van der Waals surface area contributed by atoms with Crippen molar-refractivity contribution in [1.82, 2.24) is 5.32 Å². The number of nitrogens with one attached hydrogen (secondary N) is 1. The van der Waals surface area contributed by atoms with Crippen LogP contribution in [0.25, 0.3) is 0 Å². The summed E-state index contributed by atoms with van der Waals surface area (Å²) < 4.78 is 5.86. The Kier molecular flexibility index (Phi) is 4.87. The molecule has 0 aromatic rings. The fraction of sp³-hybridized carbons (Fsp3) is 1.00. The molecule has 0 aromatic carbocycles. The van der Waals surface area contributed by atoms with Gasteiger partial charge in [-0.05, 0) is 37.5 Å². The zero-order chi connectivity index (χ0) is 12.1. The largest absolute Gasteiger partial charge is 0.378 e. The van der Waals surface area contributed by atoms with Crippen LogP contribution in [0.2, 0.25) is 0 Å². The molecule has 0 amide bonds. The van der Waals surface area contributed by atoms with E-state index < -0.39 is 0 Å². The van der Waals surface area contributed by atoms with Gasteiger partial charge in [-0.1, -0.05) is 33.1 Å². The summed E-state index contributed by atoms with van der Waals surface area (Å²) in [4.78, 5) is 0. The van der Waals surface area contributed by atoms with Crippen molar-refractivity contribution in [3.05, 3.63) is 0 Å². The topological polar surface area (TPSA) is 21.3 Å². The summed E-state index contributed by atoms with van der Waals surface area (Å²) in [7, 11) is 0. The first kappa shape index (κ1) is 13.4. The van der Waals surface area contributed by atoms with Crippen LogP contribution in [-0.4, -0.2) is 25.3 Å². The van der Waals surface area contributed by atoms with Gasteiger partial charge in [0.25, 0.3) is 0 Å². The highest BCUT2D eigenvalue weighted by Crippen LogP contribution is 2.41. The van der Waals surface area contributed by atoms with Gasteiger partial charge in [0, 0.05) is 19.2 Å². The van der Waals surface area contributed by atoms with Crippen molar-refractivity contribution in [3.63, 3.8) is 0 Å². The second-order valence-corrected chi connectivity index (χ2v) is 6.44. The molecule has 1 atom stereocenters. The highest BCUT2D eigenvalue weighted by molar-refractivity contribution is 4.88. The van der Waals surface area contributed by atoms with Gasteiger partial charge < -0.3 is 10.1 Å². The number of ether oxygens (including phenoxy) is 1. The van der Waals surface area contributed by atoms with Gasteiger partial charge >= 0.3 is 0 Å². The minimum Gasteiger partial charge on any atom is -0.378 e. The standard InChI is InChI=1S/C15H29NO/c1-13(2)16-12-15(8-4-3-5-9-15)11-14-7-6-10-17-14/h13-14,16H,3-12H2,1-2H3. The van der Waals surface area contributed by atoms with E-state index in [2.05, 4.69) is 19.2 Å². The summed E-state index contributed by atoms with van der Waals surface area (Å²) in [6, 6.07) is 0.610. The molecule has 2 nitrogen and oxygen atoms in total. The van der Waals surface area contributed by atoms with Gasteiger partial charge in [0.1, 0.15) is 0 Å². The first-order valence-corrected chi connectivity index (χ1v) is 7.55. The lowest BCUT2D eigenvalue weighted by Gasteiger charge is -2.40. The highest BCUT2D eigenvalue weighted by Gasteiger charge is 2.35. The van der Waals surface area contributed by atoms with Crippen LogP contribution < -0.4 is 5.32 Å². The Bertz CT molecular complexity index is 215. The first-order valence-electron chi connectivity index (χ1n) is 7.55. The lowest BCUT2D eigenvalue weighted by atomic mass is 9.70. The lowest BCUT2D eigenvalue weighted by Crippen LogP contribution is -2.41. The van der Waals surface area contributed by atoms with E-state index >= 15 is 0 Å². The number of hydrogen-bond donors (Lipinski definition) is 1. The number of rotatable bonds is 5. The summed E-state index contributed by atoms with van der Waals surface area (Å²) in [5.41, 5.74) is 0.539. The summed E-state index contributed by atoms with van der Waals surface area (Å²) in [5.74, 6) is 0. The second-order valence-electron chi connectivity index (χ2n) is 6.44. The SMILES string of the molecule is CC(C)NCC1(CC2CCCO2)CCCCC1. The molecule has 1 aliphatic carbocycles. The molecule has 2 aliphatic rings. The minimum atomic E-state index is 0.539. The van der Waals surface area contributed by atoms with Gasteiger partial charge in [0.05, 0.1) is 6.10 Å². The van der Waals surface area contributed by atoms with Gasteiger partial charge in [0.2, 0.25) is 0 Å². The van der Waals surface area contributed by atoms with Crippen molar-refractivity contribution >= 4 is 0 Å². The van der Waals surface area contributed by atoms with Crippen LogP contribution in [0.3, 0.4) is 0 Å². The highest BCUT2D eigenvalue weighted by atomic mass is 16.5. The summed E-state index contributed by atoms with van der Waals surface area (Å²) >= 11 is 0. The van der Waals surface area contributed by atoms with Crippen molar-refractivity contribution in [1.29, 1.82) is 0 Å². The van der Waals surface area contributed by atoms with Crippen LogP contribution in [0.15, 0.2) is 0 Å². The Morgan fingerprint density at radius 1 is 1.18 bits per heavy atom. The zero-order valence-electron chi connectivity index (χ0n) is 11.6. The lowest BCUT2D eigenvalue weighted by molar-refractivity contribution is 0.0420. The molecule has 1 saturated carbocycles. The molecule has 1 saturated heterocycles. The molecule has 17 heavy (non-hydrogen) atoms. The van der Waals surface area contributed by atoms with Gasteiger partial charge in [-0.3, -0.25) is 0 Å². The molecule has 2 rings (SSSR count). The summed E-state index contributed by atoms with van der Waals surface area (Å²) in [5, 5.41) is 3.67. The molecule has 1 N–H and O–H groups in total. The van der Waals surface area contributed by atoms with Crippen molar-refractivity contribution in [2.24, 2.45) is 5.41 Å². The van der Waals surface area contributed by atoms with Crippen LogP contribution in [-0.2, 0) is 4.74 Å². The Labute approximate surface area is 107 Å². The van der Waals surface area contributed by atoms with Crippen molar-refractivity contribution in [2.75, 3.05) is 13.2 Å². The molecule has 0 spiro atoms. The first-order chi connectivity index (χ1) is 8.20. The quantitative estimate of drug-likeness (QED) is 0.793. The van der Waals surface area contributed by atoms with Crippen LogP contribution in [0, 0.1) is 5.41 Å². The molecule has 1 heterocycles. The van der Waals surface area contributed by atoms with E-state index in [-0.39, 0.29) is 0 Å². The Balaban J connectivity index is 1.90. The molecule has 100 valence electrons. The molecular formula is C15H29NO. The predicted molar refractivity (Wildman–Crippen MR) is 72.2 cm³/mol. The van der Waals surface area contributed by atoms with Crippen LogP contribution in [0.4, 0.5) is 0 Å². The molecule has 2 fully saturated rings. The van der Waals surface area contributed by atoms with Crippen LogP contribution >= 0.6 is 0 Å². The Hall–Kier alpha value is -0.0800. The maximum absolute atomic E-state index is 5.86. The van der Waals surface area contributed by atoms with Gasteiger partial charge in [-0.15, -0.1) is 0 Å². The maximum atomic E-state index is 5.86. The third kappa shape index (κ3) is 3.96. The average Bonchev–Trinajstić information content (AvgIpc) is 2.80. The Morgan fingerprint density at radius 3 is 2.53 bits per heavy atom. The summed E-state index contributed by atoms with van der Waals surface area (Å²) in [6.45, 7) is 6.70. The normalized spacial score (nSPS) is 28.8. The fourth-order valence-corrected chi connectivity index (χ4v) is 3.46. The second kappa shape index (κ2) is 6.19. The van der Waals surface area contributed by atoms with E-state index in [0.29, 0.717) is 17.6 Å². The van der Waals surface area contributed by atoms with E-state index in [1.54, 1.807) is 0 Å². The molecule has 1 aliphatic heterocycles. The predicted octanol–water partition coefficient (Wildman–Crippen LogP) is 3.50. The molecule has 0 radical (unpaired) electrons. The third-order valence-electron chi connectivity index (χ3n) is 4.48. The van der Waals surface area contributed by atoms with E-state index in [9.17, 15) is 0 Å². The van der Waals surface area contributed by atoms with E-state index in [1.165, 1.54) is 57.9 Å². The summed E-state index contributed by atoms with van der Waals surface area (Å²) in [6.07, 6.45) is 11.5. The Morgan fingerprint density at radius 2 is 1.94 bits per heavy atom. The van der Waals surface area contributed by atoms with Crippen LogP contribution in [0.1, 0.15) is 65.2 Å². The van der Waals surface area contributed by atoms with Gasteiger partial charge in [0.15, 0.2) is 0 Å². The van der Waals surface area contributed by atoms with Gasteiger partial charge in [-0.25, -0.2) is 0 Å². The van der Waals surface area contributed by atoms with Crippen LogP contribution in [0.5, 0.6) is 0 Å². The van der Waals surface area contributed by atoms with E-state index in [0.717, 1.165) is 6.61 Å². The molecule has 2 heteroatoms. The third-order valence-corrected chi connectivity index (χ3v) is 4.48. The molecule has 0 bridgehead atoms. The van der Waals surface area contributed by atoms with Crippen molar-refractivity contribution < 1.29 is 4.74 Å². The van der Waals surface area contributed by atoms with Gasteiger partial charge in [-0.2, -0.15) is 0 Å². The van der Waals surface area contributed by atoms with Crippen molar-refractivity contribution in [2.45, 2.75) is 77.4 Å². The van der Waals surface area contributed by atoms with E-state index in [4.69, 9.17) is 4.74 Å². The smallest absolute Gasteiger partial charge is 0.0581 e. The minimum absolute atomic E-state index is 0.539. The van der Waals surface area contributed by atoms with Crippen molar-refractivity contribution in [3.8, 4) is 0 Å². The van der Waals surface area contributed by atoms with E-state index in [1.807, 2.05) is 0 Å². The fourth-order valence-electron chi connectivity index (χ4n) is 3.46. The average molecular weight is 239 g/mol. The molecule has 0 aromatic heterocycles.